The number of nitrogens with zero attached hydrogens (tertiary/aromatic N) is 6. The van der Waals surface area contributed by atoms with Gasteiger partial charge in [0.2, 0.25) is 0 Å². The number of piperidine rings is 1. The van der Waals surface area contributed by atoms with Gasteiger partial charge in [-0.2, -0.15) is 5.26 Å². The number of rotatable bonds is 5. The number of fused-ring (bicyclic) bond motifs is 1. The minimum absolute atomic E-state index is 0.0727. The Labute approximate surface area is 215 Å². The molecule has 1 aromatic carbocycles. The number of amides is 1. The zero-order valence-electron chi connectivity index (χ0n) is 21.6. The molecule has 3 heterocycles. The van der Waals surface area contributed by atoms with Gasteiger partial charge in [-0.15, -0.1) is 5.92 Å². The van der Waals surface area contributed by atoms with Crippen molar-refractivity contribution < 1.29 is 4.79 Å². The van der Waals surface area contributed by atoms with Gasteiger partial charge in [0.15, 0.2) is 0 Å². The zero-order valence-corrected chi connectivity index (χ0v) is 21.6. The first-order valence-corrected chi connectivity index (χ1v) is 12.2. The number of hydrogen-bond acceptors (Lipinski definition) is 6. The van der Waals surface area contributed by atoms with Crippen molar-refractivity contribution in [3.63, 3.8) is 0 Å². The standard InChI is InChI=1S/C27H31N7O3/c1-5-6-14-33-23-22(21(25(35)30(2)3)24(33)32-13-9-12-20(29)17-32)31(4)27(37)34(26(23)36)16-19-11-8-7-10-18(19)15-28/h7-8,10-11,20H,9,12-14,16-17,29H2,1-4H3/t20-/m1/s1. The van der Waals surface area contributed by atoms with E-state index in [4.69, 9.17) is 5.73 Å². The lowest BCUT2D eigenvalue weighted by atomic mass is 10.1. The van der Waals surface area contributed by atoms with Gasteiger partial charge in [-0.25, -0.2) is 4.79 Å². The van der Waals surface area contributed by atoms with Crippen LogP contribution >= 0.6 is 0 Å². The SMILES string of the molecule is CC#CCn1c(N2CCC[C@@H](N)C2)c(C(=O)N(C)C)c2c1c(=O)n(Cc1ccccc1C#N)c(=O)n2C. The third-order valence-electron chi connectivity index (χ3n) is 6.77. The third kappa shape index (κ3) is 4.52. The van der Waals surface area contributed by atoms with E-state index in [1.807, 2.05) is 4.90 Å². The molecule has 3 aromatic rings. The lowest BCUT2D eigenvalue weighted by molar-refractivity contribution is 0.0829. The van der Waals surface area contributed by atoms with Crippen LogP contribution in [0.2, 0.25) is 0 Å². The summed E-state index contributed by atoms with van der Waals surface area (Å²) in [6.45, 7) is 2.98. The van der Waals surface area contributed by atoms with Crippen molar-refractivity contribution in [2.45, 2.75) is 38.9 Å². The Balaban J connectivity index is 2.11. The molecule has 10 nitrogen and oxygen atoms in total. The number of nitriles is 1. The van der Waals surface area contributed by atoms with Crippen LogP contribution in [0, 0.1) is 23.2 Å². The molecule has 2 N–H and O–H groups in total. The van der Waals surface area contributed by atoms with E-state index in [0.717, 1.165) is 17.4 Å². The highest BCUT2D eigenvalue weighted by Crippen LogP contribution is 2.33. The fourth-order valence-electron chi connectivity index (χ4n) is 4.97. The van der Waals surface area contributed by atoms with Crippen molar-refractivity contribution in [2.24, 2.45) is 12.8 Å². The van der Waals surface area contributed by atoms with E-state index >= 15 is 0 Å². The van der Waals surface area contributed by atoms with Crippen LogP contribution in [-0.4, -0.2) is 57.7 Å². The topological polar surface area (TPSA) is 122 Å². The summed E-state index contributed by atoms with van der Waals surface area (Å²) in [4.78, 5) is 44.6. The number of nitrogens with two attached hydrogens (primary N) is 1. The molecular weight excluding hydrogens is 470 g/mol. The van der Waals surface area contributed by atoms with Crippen molar-refractivity contribution >= 4 is 22.8 Å². The molecule has 192 valence electrons. The van der Waals surface area contributed by atoms with Gasteiger partial charge in [-0.1, -0.05) is 24.1 Å². The Morgan fingerprint density at radius 2 is 1.92 bits per heavy atom. The largest absolute Gasteiger partial charge is 0.356 e. The molecule has 10 heteroatoms. The molecule has 4 rings (SSSR count). The lowest BCUT2D eigenvalue weighted by Crippen LogP contribution is -2.44. The number of anilines is 1. The summed E-state index contributed by atoms with van der Waals surface area (Å²) in [6, 6.07) is 8.89. The minimum atomic E-state index is -0.571. The van der Waals surface area contributed by atoms with Gasteiger partial charge >= 0.3 is 5.69 Å². The lowest BCUT2D eigenvalue weighted by Gasteiger charge is -2.34. The second-order valence-corrected chi connectivity index (χ2v) is 9.46. The van der Waals surface area contributed by atoms with Gasteiger partial charge in [-0.3, -0.25) is 18.7 Å². The third-order valence-corrected chi connectivity index (χ3v) is 6.77. The Hall–Kier alpha value is -4.28. The molecular formula is C27H31N7O3. The summed E-state index contributed by atoms with van der Waals surface area (Å²) in [5.41, 5.74) is 6.90. The molecule has 0 aliphatic carbocycles. The second kappa shape index (κ2) is 10.4. The average molecular weight is 502 g/mol. The van der Waals surface area contributed by atoms with E-state index in [1.54, 1.807) is 56.9 Å². The quantitative estimate of drug-likeness (QED) is 0.522. The highest BCUT2D eigenvalue weighted by molar-refractivity contribution is 6.10. The van der Waals surface area contributed by atoms with E-state index in [9.17, 15) is 19.6 Å². The molecule has 1 amide bonds. The number of carbonyl (C=O) groups is 1. The maximum atomic E-state index is 14.0. The Kier molecular flexibility index (Phi) is 7.23. The number of aromatic nitrogens is 3. The first kappa shape index (κ1) is 25.8. The summed E-state index contributed by atoms with van der Waals surface area (Å²) in [7, 11) is 4.84. The summed E-state index contributed by atoms with van der Waals surface area (Å²) < 4.78 is 4.21. The van der Waals surface area contributed by atoms with Crippen molar-refractivity contribution in [3.05, 3.63) is 61.8 Å². The zero-order chi connectivity index (χ0) is 26.9. The normalized spacial score (nSPS) is 15.2. The smallest absolute Gasteiger partial charge is 0.331 e. The first-order valence-electron chi connectivity index (χ1n) is 12.2. The average Bonchev–Trinajstić information content (AvgIpc) is 3.23. The van der Waals surface area contributed by atoms with Crippen LogP contribution in [0.5, 0.6) is 0 Å². The van der Waals surface area contributed by atoms with Gasteiger partial charge in [0.1, 0.15) is 16.9 Å². The highest BCUT2D eigenvalue weighted by Gasteiger charge is 2.33. The van der Waals surface area contributed by atoms with Crippen LogP contribution in [0.15, 0.2) is 33.9 Å². The molecule has 0 radical (unpaired) electrons. The Morgan fingerprint density at radius 3 is 2.57 bits per heavy atom. The van der Waals surface area contributed by atoms with E-state index in [2.05, 4.69) is 17.9 Å². The molecule has 2 aromatic heterocycles. The molecule has 1 saturated heterocycles. The molecule has 0 saturated carbocycles. The molecule has 1 atom stereocenters. The molecule has 0 unspecified atom stereocenters. The van der Waals surface area contributed by atoms with Crippen molar-refractivity contribution in [2.75, 3.05) is 32.1 Å². The van der Waals surface area contributed by atoms with E-state index < -0.39 is 11.2 Å². The van der Waals surface area contributed by atoms with Crippen LogP contribution in [0.25, 0.3) is 11.0 Å². The summed E-state index contributed by atoms with van der Waals surface area (Å²) in [5, 5.41) is 9.52. The molecule has 1 aliphatic rings. The second-order valence-electron chi connectivity index (χ2n) is 9.46. The van der Waals surface area contributed by atoms with Crippen LogP contribution in [0.1, 0.15) is 41.3 Å². The van der Waals surface area contributed by atoms with E-state index in [0.29, 0.717) is 30.0 Å². The first-order chi connectivity index (χ1) is 17.7. The van der Waals surface area contributed by atoms with E-state index in [1.165, 1.54) is 9.47 Å². The fourth-order valence-corrected chi connectivity index (χ4v) is 4.97. The van der Waals surface area contributed by atoms with Crippen LogP contribution in [0.4, 0.5) is 5.82 Å². The van der Waals surface area contributed by atoms with Gasteiger partial charge in [0.25, 0.3) is 11.5 Å². The van der Waals surface area contributed by atoms with Crippen molar-refractivity contribution in [1.82, 2.24) is 18.6 Å². The van der Waals surface area contributed by atoms with Gasteiger partial charge in [0.05, 0.1) is 30.2 Å². The number of benzene rings is 1. The number of aryl methyl sites for hydroxylation is 1. The fraction of sp³-hybridized carbons (Fsp3) is 0.407. The monoisotopic (exact) mass is 501 g/mol. The minimum Gasteiger partial charge on any atom is -0.356 e. The molecule has 0 spiro atoms. The van der Waals surface area contributed by atoms with Crippen molar-refractivity contribution in [1.29, 1.82) is 5.26 Å². The maximum Gasteiger partial charge on any atom is 0.331 e. The van der Waals surface area contributed by atoms with Gasteiger partial charge in [0, 0.05) is 40.3 Å². The molecule has 37 heavy (non-hydrogen) atoms. The Morgan fingerprint density at radius 1 is 1.19 bits per heavy atom. The predicted molar refractivity (Wildman–Crippen MR) is 143 cm³/mol. The van der Waals surface area contributed by atoms with Crippen LogP contribution < -0.4 is 21.9 Å². The summed E-state index contributed by atoms with van der Waals surface area (Å²) in [6.07, 6.45) is 1.71. The summed E-state index contributed by atoms with van der Waals surface area (Å²) in [5.74, 6) is 6.14. The van der Waals surface area contributed by atoms with Crippen LogP contribution in [0.3, 0.4) is 0 Å². The Bertz CT molecular complexity index is 1590. The van der Waals surface area contributed by atoms with Crippen molar-refractivity contribution in [3.8, 4) is 17.9 Å². The van der Waals surface area contributed by atoms with E-state index in [-0.39, 0.29) is 41.6 Å². The van der Waals surface area contributed by atoms with Gasteiger partial charge < -0.3 is 20.1 Å². The maximum absolute atomic E-state index is 14.0. The van der Waals surface area contributed by atoms with Crippen LogP contribution in [-0.2, 0) is 20.1 Å². The summed E-state index contributed by atoms with van der Waals surface area (Å²) >= 11 is 0. The molecule has 0 bridgehead atoms. The predicted octanol–water partition coefficient (Wildman–Crippen LogP) is 1.07. The highest BCUT2D eigenvalue weighted by atomic mass is 16.2. The number of hydrogen-bond donors (Lipinski definition) is 1. The van der Waals surface area contributed by atoms with Gasteiger partial charge in [-0.05, 0) is 31.4 Å². The molecule has 1 fully saturated rings. The number of carbonyl (C=O) groups excluding carboxylic acids is 1. The molecule has 1 aliphatic heterocycles.